The van der Waals surface area contributed by atoms with Crippen molar-refractivity contribution in [2.45, 2.75) is 37.8 Å². The van der Waals surface area contributed by atoms with Gasteiger partial charge in [-0.05, 0) is 30.9 Å². The smallest absolute Gasteiger partial charge is 0.272 e. The largest absolute Gasteiger partial charge is 0.307 e. The van der Waals surface area contributed by atoms with Crippen LogP contribution in [0, 0.1) is 5.92 Å². The third-order valence-corrected chi connectivity index (χ3v) is 4.65. The lowest BCUT2D eigenvalue weighted by Crippen LogP contribution is -2.08. The molecule has 0 bridgehead atoms. The third-order valence-electron chi connectivity index (χ3n) is 4.65. The van der Waals surface area contributed by atoms with E-state index in [1.54, 1.807) is 24.5 Å². The summed E-state index contributed by atoms with van der Waals surface area (Å²) < 4.78 is 29.7. The summed E-state index contributed by atoms with van der Waals surface area (Å²) in [5.41, 5.74) is 0.636. The van der Waals surface area contributed by atoms with Gasteiger partial charge in [-0.15, -0.1) is 15.3 Å². The van der Waals surface area contributed by atoms with Gasteiger partial charge in [0.05, 0.1) is 0 Å². The summed E-state index contributed by atoms with van der Waals surface area (Å²) in [5, 5.41) is 23.7. The summed E-state index contributed by atoms with van der Waals surface area (Å²) in [6.45, 7) is 0.767. The van der Waals surface area contributed by atoms with E-state index in [0.717, 1.165) is 6.54 Å². The fourth-order valence-corrected chi connectivity index (χ4v) is 2.92. The number of rotatable bonds is 6. The molecule has 0 saturated heterocycles. The van der Waals surface area contributed by atoms with E-state index in [2.05, 4.69) is 30.8 Å². The Bertz CT molecular complexity index is 931. The van der Waals surface area contributed by atoms with Gasteiger partial charge in [0.15, 0.2) is 11.6 Å². The molecule has 2 saturated carbocycles. The molecule has 3 aromatic rings. The van der Waals surface area contributed by atoms with Crippen molar-refractivity contribution >= 4 is 11.8 Å². The zero-order valence-corrected chi connectivity index (χ0v) is 13.8. The van der Waals surface area contributed by atoms with Crippen molar-refractivity contribution in [2.75, 3.05) is 5.32 Å². The van der Waals surface area contributed by atoms with E-state index >= 15 is 0 Å². The normalized spacial score (nSPS) is 20.9. The van der Waals surface area contributed by atoms with Crippen LogP contribution < -0.4 is 5.32 Å². The summed E-state index contributed by atoms with van der Waals surface area (Å²) >= 11 is 0. The lowest BCUT2D eigenvalue weighted by Gasteiger charge is -2.09. The second-order valence-electron chi connectivity index (χ2n) is 6.80. The minimum Gasteiger partial charge on any atom is -0.307 e. The van der Waals surface area contributed by atoms with Crippen LogP contribution in [0.1, 0.15) is 25.3 Å². The molecule has 1 N–H and O–H groups in total. The lowest BCUT2D eigenvalue weighted by molar-refractivity contribution is 0.0984. The van der Waals surface area contributed by atoms with E-state index in [1.165, 1.54) is 17.5 Å². The van der Waals surface area contributed by atoms with E-state index in [0.29, 0.717) is 29.2 Å². The van der Waals surface area contributed by atoms with Crippen LogP contribution >= 0.6 is 0 Å². The highest BCUT2D eigenvalue weighted by atomic mass is 19.3. The van der Waals surface area contributed by atoms with Gasteiger partial charge < -0.3 is 5.32 Å². The molecule has 3 aromatic heterocycles. The average molecular weight is 358 g/mol. The summed E-state index contributed by atoms with van der Waals surface area (Å²) in [6.07, 6.45) is 5.33. The number of alkyl halides is 2. The van der Waals surface area contributed by atoms with Gasteiger partial charge in [0.1, 0.15) is 11.7 Å². The van der Waals surface area contributed by atoms with Crippen LogP contribution in [0.25, 0.3) is 11.5 Å². The Morgan fingerprint density at radius 1 is 1.19 bits per heavy atom. The standard InChI is InChI=1S/C16H16F2N8/c17-16(18)8-12(16)26-7-5-13(24-26)20-15-23-22-14(11-2-1-6-19-21-11)25(15)9-10-3-4-10/h1-2,5-7,10,12H,3-4,8-9H2,(H,20,23,24). The fraction of sp³-hybridized carbons (Fsp3) is 0.438. The number of anilines is 2. The molecular formula is C16H16F2N8. The first-order valence-corrected chi connectivity index (χ1v) is 8.51. The van der Waals surface area contributed by atoms with Crippen LogP contribution in [0.4, 0.5) is 20.5 Å². The van der Waals surface area contributed by atoms with E-state index in [-0.39, 0.29) is 6.42 Å². The molecular weight excluding hydrogens is 342 g/mol. The molecule has 2 aliphatic carbocycles. The number of aromatic nitrogens is 7. The maximum Gasteiger partial charge on any atom is 0.272 e. The number of hydrogen-bond donors (Lipinski definition) is 1. The fourth-order valence-electron chi connectivity index (χ4n) is 2.92. The van der Waals surface area contributed by atoms with Gasteiger partial charge in [0.2, 0.25) is 5.95 Å². The Kier molecular flexibility index (Phi) is 3.28. The topological polar surface area (TPSA) is 86.3 Å². The molecule has 8 nitrogen and oxygen atoms in total. The summed E-state index contributed by atoms with van der Waals surface area (Å²) in [7, 11) is 0. The summed E-state index contributed by atoms with van der Waals surface area (Å²) in [4.78, 5) is 0. The number of hydrogen-bond acceptors (Lipinski definition) is 6. The molecule has 1 unspecified atom stereocenters. The van der Waals surface area contributed by atoms with Gasteiger partial charge in [-0.3, -0.25) is 9.25 Å². The second-order valence-corrected chi connectivity index (χ2v) is 6.80. The van der Waals surface area contributed by atoms with Crippen molar-refractivity contribution in [3.05, 3.63) is 30.6 Å². The Morgan fingerprint density at radius 2 is 2.04 bits per heavy atom. The Labute approximate surface area is 147 Å². The van der Waals surface area contributed by atoms with Crippen LogP contribution in [0.2, 0.25) is 0 Å². The Balaban J connectivity index is 1.43. The van der Waals surface area contributed by atoms with Gasteiger partial charge in [-0.2, -0.15) is 10.2 Å². The number of nitrogens with zero attached hydrogens (tertiary/aromatic N) is 7. The third kappa shape index (κ3) is 2.80. The van der Waals surface area contributed by atoms with Crippen molar-refractivity contribution in [3.63, 3.8) is 0 Å². The van der Waals surface area contributed by atoms with Crippen molar-refractivity contribution in [3.8, 4) is 11.5 Å². The van der Waals surface area contributed by atoms with Gasteiger partial charge >= 0.3 is 0 Å². The first kappa shape index (κ1) is 15.4. The van der Waals surface area contributed by atoms with Gasteiger partial charge in [0, 0.05) is 31.4 Å². The van der Waals surface area contributed by atoms with E-state index in [9.17, 15) is 8.78 Å². The van der Waals surface area contributed by atoms with Gasteiger partial charge in [-0.25, -0.2) is 8.78 Å². The van der Waals surface area contributed by atoms with Crippen LogP contribution in [0.15, 0.2) is 30.6 Å². The maximum atomic E-state index is 13.2. The van der Waals surface area contributed by atoms with Crippen molar-refractivity contribution in [1.29, 1.82) is 0 Å². The minimum atomic E-state index is -2.66. The van der Waals surface area contributed by atoms with Crippen molar-refractivity contribution in [1.82, 2.24) is 34.7 Å². The highest BCUT2D eigenvalue weighted by Crippen LogP contribution is 2.52. The van der Waals surface area contributed by atoms with Crippen LogP contribution in [-0.2, 0) is 6.54 Å². The second kappa shape index (κ2) is 5.55. The minimum absolute atomic E-state index is 0.164. The number of nitrogens with one attached hydrogen (secondary N) is 1. The molecule has 0 amide bonds. The molecule has 0 spiro atoms. The molecule has 10 heteroatoms. The zero-order chi connectivity index (χ0) is 17.7. The molecule has 0 aliphatic heterocycles. The van der Waals surface area contributed by atoms with Crippen LogP contribution in [-0.4, -0.2) is 40.7 Å². The van der Waals surface area contributed by atoms with Crippen molar-refractivity contribution < 1.29 is 8.78 Å². The highest BCUT2D eigenvalue weighted by Gasteiger charge is 2.59. The van der Waals surface area contributed by atoms with Crippen LogP contribution in [0.3, 0.4) is 0 Å². The van der Waals surface area contributed by atoms with Gasteiger partial charge in [-0.1, -0.05) is 0 Å². The lowest BCUT2D eigenvalue weighted by atomic mass is 10.3. The molecule has 3 heterocycles. The SMILES string of the molecule is FC1(F)CC1n1ccc(Nc2nnc(-c3cccnn3)n2CC2CC2)n1. The summed E-state index contributed by atoms with van der Waals surface area (Å²) in [6, 6.07) is 4.43. The quantitative estimate of drug-likeness (QED) is 0.729. The van der Waals surface area contributed by atoms with E-state index in [4.69, 9.17) is 0 Å². The van der Waals surface area contributed by atoms with Crippen LogP contribution in [0.5, 0.6) is 0 Å². The first-order chi connectivity index (χ1) is 12.6. The molecule has 2 fully saturated rings. The highest BCUT2D eigenvalue weighted by molar-refractivity contribution is 5.55. The maximum absolute atomic E-state index is 13.2. The predicted molar refractivity (Wildman–Crippen MR) is 87.9 cm³/mol. The van der Waals surface area contributed by atoms with E-state index < -0.39 is 12.0 Å². The zero-order valence-electron chi connectivity index (χ0n) is 13.8. The molecule has 1 atom stereocenters. The average Bonchev–Trinajstić information content (AvgIpc) is 3.45. The predicted octanol–water partition coefficient (Wildman–Crippen LogP) is 2.67. The van der Waals surface area contributed by atoms with E-state index in [1.807, 2.05) is 10.6 Å². The Hall–Kier alpha value is -2.91. The van der Waals surface area contributed by atoms with Gasteiger partial charge in [0.25, 0.3) is 5.92 Å². The molecule has 0 aromatic carbocycles. The summed E-state index contributed by atoms with van der Waals surface area (Å²) in [5.74, 6) is -0.465. The Morgan fingerprint density at radius 3 is 2.73 bits per heavy atom. The first-order valence-electron chi connectivity index (χ1n) is 8.51. The molecule has 5 rings (SSSR count). The number of halogens is 2. The molecule has 134 valence electrons. The monoisotopic (exact) mass is 358 g/mol. The molecule has 2 aliphatic rings. The van der Waals surface area contributed by atoms with Crippen molar-refractivity contribution in [2.24, 2.45) is 5.92 Å². The molecule has 26 heavy (non-hydrogen) atoms. The molecule has 0 radical (unpaired) electrons.